The normalized spacial score (nSPS) is 17.4. The number of fused-ring (bicyclic) bond motifs is 1. The summed E-state index contributed by atoms with van der Waals surface area (Å²) in [6, 6.07) is 13.4. The molecule has 4 aromatic rings. The molecule has 1 aliphatic rings. The Hall–Kier alpha value is -3.39. The lowest BCUT2D eigenvalue weighted by atomic mass is 9.98. The second kappa shape index (κ2) is 7.79. The van der Waals surface area contributed by atoms with Crippen LogP contribution in [0.25, 0.3) is 22.3 Å². The van der Waals surface area contributed by atoms with E-state index in [9.17, 15) is 9.18 Å². The molecule has 0 aliphatic carbocycles. The van der Waals surface area contributed by atoms with Crippen LogP contribution < -0.4 is 5.56 Å². The number of H-pyrrole nitrogens is 1. The van der Waals surface area contributed by atoms with Gasteiger partial charge in [-0.1, -0.05) is 17.3 Å². The van der Waals surface area contributed by atoms with Gasteiger partial charge in [0.05, 0.1) is 23.4 Å². The smallest absolute Gasteiger partial charge is 0.258 e. The Morgan fingerprint density at radius 1 is 1.13 bits per heavy atom. The van der Waals surface area contributed by atoms with Gasteiger partial charge in [0.15, 0.2) is 0 Å². The fourth-order valence-corrected chi connectivity index (χ4v) is 3.94. The van der Waals surface area contributed by atoms with E-state index in [1.807, 2.05) is 18.2 Å². The molecule has 1 aliphatic heterocycles. The van der Waals surface area contributed by atoms with E-state index in [2.05, 4.69) is 25.0 Å². The Bertz CT molecular complexity index is 1230. The number of para-hydroxylation sites is 1. The molecule has 30 heavy (non-hydrogen) atoms. The molecule has 0 bridgehead atoms. The number of halogens is 1. The molecule has 0 spiro atoms. The summed E-state index contributed by atoms with van der Waals surface area (Å²) >= 11 is 0. The molecule has 152 valence electrons. The highest BCUT2D eigenvalue weighted by atomic mass is 19.1. The molecule has 0 saturated carbocycles. The Kier molecular flexibility index (Phi) is 4.84. The van der Waals surface area contributed by atoms with Crippen molar-refractivity contribution in [2.24, 2.45) is 0 Å². The summed E-state index contributed by atoms with van der Waals surface area (Å²) in [7, 11) is 0. The van der Waals surface area contributed by atoms with E-state index in [1.54, 1.807) is 18.2 Å². The van der Waals surface area contributed by atoms with Gasteiger partial charge in [-0.05, 0) is 55.8 Å². The molecule has 2 aromatic carbocycles. The Labute approximate surface area is 171 Å². The number of aromatic nitrogens is 4. The molecule has 1 N–H and O–H groups in total. The van der Waals surface area contributed by atoms with Gasteiger partial charge in [-0.2, -0.15) is 4.98 Å². The minimum absolute atomic E-state index is 0.104. The quantitative estimate of drug-likeness (QED) is 0.559. The van der Waals surface area contributed by atoms with Crippen molar-refractivity contribution in [2.45, 2.75) is 25.3 Å². The number of hydrogen-bond acceptors (Lipinski definition) is 6. The number of hydrogen-bond donors (Lipinski definition) is 1. The van der Waals surface area contributed by atoms with Gasteiger partial charge in [-0.15, -0.1) is 0 Å². The maximum Gasteiger partial charge on any atom is 0.258 e. The van der Waals surface area contributed by atoms with Crippen LogP contribution in [0.15, 0.2) is 57.8 Å². The lowest BCUT2D eigenvalue weighted by Crippen LogP contribution is -2.35. The first kappa shape index (κ1) is 18.6. The Balaban J connectivity index is 1.32. The van der Waals surface area contributed by atoms with E-state index in [0.29, 0.717) is 35.0 Å². The minimum atomic E-state index is -0.300. The molecule has 3 heterocycles. The maximum atomic E-state index is 13.1. The van der Waals surface area contributed by atoms with Crippen LogP contribution in [0, 0.1) is 5.82 Å². The van der Waals surface area contributed by atoms with Gasteiger partial charge in [-0.25, -0.2) is 9.37 Å². The Morgan fingerprint density at radius 3 is 2.83 bits per heavy atom. The summed E-state index contributed by atoms with van der Waals surface area (Å²) in [5, 5.41) is 4.65. The zero-order chi connectivity index (χ0) is 20.5. The van der Waals surface area contributed by atoms with Crippen molar-refractivity contribution in [2.75, 3.05) is 13.1 Å². The molecule has 2 aromatic heterocycles. The van der Waals surface area contributed by atoms with E-state index < -0.39 is 0 Å². The van der Waals surface area contributed by atoms with Crippen LogP contribution in [-0.4, -0.2) is 38.1 Å². The van der Waals surface area contributed by atoms with Gasteiger partial charge < -0.3 is 9.51 Å². The van der Waals surface area contributed by atoms with Crippen LogP contribution in [0.3, 0.4) is 0 Å². The van der Waals surface area contributed by atoms with E-state index in [4.69, 9.17) is 4.52 Å². The molecule has 1 saturated heterocycles. The molecule has 1 fully saturated rings. The van der Waals surface area contributed by atoms with Crippen LogP contribution in [0.5, 0.6) is 0 Å². The molecule has 8 heteroatoms. The number of likely N-dealkylation sites (tertiary alicyclic amines) is 1. The largest absolute Gasteiger partial charge is 0.339 e. The van der Waals surface area contributed by atoms with E-state index >= 15 is 0 Å². The molecule has 0 radical (unpaired) electrons. The van der Waals surface area contributed by atoms with E-state index in [-0.39, 0.29) is 17.3 Å². The first-order valence-electron chi connectivity index (χ1n) is 9.95. The number of aromatic amines is 1. The molecular formula is C22H20FN5O2. The lowest BCUT2D eigenvalue weighted by molar-refractivity contribution is 0.177. The summed E-state index contributed by atoms with van der Waals surface area (Å²) in [4.78, 5) is 26.6. The molecule has 0 amide bonds. The van der Waals surface area contributed by atoms with Crippen molar-refractivity contribution >= 4 is 10.9 Å². The number of nitrogens with zero attached hydrogens (tertiary/aromatic N) is 4. The third-order valence-electron chi connectivity index (χ3n) is 5.43. The van der Waals surface area contributed by atoms with Crippen molar-refractivity contribution in [3.63, 3.8) is 0 Å². The molecule has 5 rings (SSSR count). The predicted octanol–water partition coefficient (Wildman–Crippen LogP) is 3.49. The molecule has 1 unspecified atom stereocenters. The highest BCUT2D eigenvalue weighted by Crippen LogP contribution is 2.28. The Morgan fingerprint density at radius 2 is 1.97 bits per heavy atom. The third-order valence-corrected chi connectivity index (χ3v) is 5.43. The summed E-state index contributed by atoms with van der Waals surface area (Å²) in [6.45, 7) is 2.20. The number of benzene rings is 2. The van der Waals surface area contributed by atoms with Gasteiger partial charge in [0.2, 0.25) is 11.7 Å². The molecule has 1 atom stereocenters. The highest BCUT2D eigenvalue weighted by molar-refractivity contribution is 5.77. The second-order valence-corrected chi connectivity index (χ2v) is 7.57. The van der Waals surface area contributed by atoms with E-state index in [0.717, 1.165) is 31.5 Å². The zero-order valence-electron chi connectivity index (χ0n) is 16.2. The van der Waals surface area contributed by atoms with Gasteiger partial charge in [0, 0.05) is 12.1 Å². The molecule has 7 nitrogen and oxygen atoms in total. The minimum Gasteiger partial charge on any atom is -0.339 e. The first-order chi connectivity index (χ1) is 14.7. The van der Waals surface area contributed by atoms with Gasteiger partial charge in [-0.3, -0.25) is 9.69 Å². The zero-order valence-corrected chi connectivity index (χ0v) is 16.2. The van der Waals surface area contributed by atoms with Crippen molar-refractivity contribution < 1.29 is 8.91 Å². The van der Waals surface area contributed by atoms with Crippen LogP contribution in [0.4, 0.5) is 4.39 Å². The number of piperidine rings is 1. The number of rotatable bonds is 4. The van der Waals surface area contributed by atoms with Crippen molar-refractivity contribution in [3.05, 3.63) is 76.4 Å². The summed E-state index contributed by atoms with van der Waals surface area (Å²) in [6.07, 6.45) is 1.93. The van der Waals surface area contributed by atoms with Crippen molar-refractivity contribution in [3.8, 4) is 11.4 Å². The van der Waals surface area contributed by atoms with Crippen molar-refractivity contribution in [1.82, 2.24) is 25.0 Å². The summed E-state index contributed by atoms with van der Waals surface area (Å²) < 4.78 is 18.6. The lowest BCUT2D eigenvalue weighted by Gasteiger charge is -2.30. The van der Waals surface area contributed by atoms with Crippen molar-refractivity contribution in [1.29, 1.82) is 0 Å². The molecular weight excluding hydrogens is 385 g/mol. The average molecular weight is 405 g/mol. The van der Waals surface area contributed by atoms with Gasteiger partial charge >= 0.3 is 0 Å². The number of nitrogens with one attached hydrogen (secondary N) is 1. The van der Waals surface area contributed by atoms with Crippen LogP contribution in [0.1, 0.15) is 30.5 Å². The van der Waals surface area contributed by atoms with Crippen LogP contribution in [0.2, 0.25) is 0 Å². The summed E-state index contributed by atoms with van der Waals surface area (Å²) in [5.41, 5.74) is 1.30. The van der Waals surface area contributed by atoms with Gasteiger partial charge in [0.1, 0.15) is 11.6 Å². The standard InChI is InChI=1S/C22H20FN5O2/c23-16-9-7-14(8-10-16)20-26-22(30-27-20)15-4-3-11-28(12-15)13-19-24-18-6-2-1-5-17(18)21(29)25-19/h1-2,5-10,15H,3-4,11-13H2,(H,24,25,29). The topological polar surface area (TPSA) is 87.9 Å². The van der Waals surface area contributed by atoms with Crippen LogP contribution in [-0.2, 0) is 6.54 Å². The van der Waals surface area contributed by atoms with Crippen LogP contribution >= 0.6 is 0 Å². The van der Waals surface area contributed by atoms with E-state index in [1.165, 1.54) is 12.1 Å². The first-order valence-corrected chi connectivity index (χ1v) is 9.95. The fourth-order valence-electron chi connectivity index (χ4n) is 3.94. The second-order valence-electron chi connectivity index (χ2n) is 7.57. The van der Waals surface area contributed by atoms with Gasteiger partial charge in [0.25, 0.3) is 5.56 Å². The maximum absolute atomic E-state index is 13.1. The monoisotopic (exact) mass is 405 g/mol. The third kappa shape index (κ3) is 3.73. The SMILES string of the molecule is O=c1[nH]c(CN2CCCC(c3nc(-c4ccc(F)cc4)no3)C2)nc2ccccc12. The predicted molar refractivity (Wildman–Crippen MR) is 109 cm³/mol. The average Bonchev–Trinajstić information content (AvgIpc) is 3.25. The summed E-state index contributed by atoms with van der Waals surface area (Å²) in [5.74, 6) is 1.50. The highest BCUT2D eigenvalue weighted by Gasteiger charge is 2.26. The fraction of sp³-hybridized carbons (Fsp3) is 0.273.